The predicted octanol–water partition coefficient (Wildman–Crippen LogP) is 7.95. The van der Waals surface area contributed by atoms with Crippen LogP contribution in [0.3, 0.4) is 0 Å². The lowest BCUT2D eigenvalue weighted by molar-refractivity contribution is 0.306. The third-order valence-corrected chi connectivity index (χ3v) is 5.28. The molecule has 0 saturated carbocycles. The van der Waals surface area contributed by atoms with Crippen LogP contribution < -0.4 is 4.74 Å². The highest BCUT2D eigenvalue weighted by Gasteiger charge is 2.01. The van der Waals surface area contributed by atoms with Gasteiger partial charge >= 0.3 is 0 Å². The van der Waals surface area contributed by atoms with Gasteiger partial charge in [-0.3, -0.25) is 0 Å². The van der Waals surface area contributed by atoms with Gasteiger partial charge in [-0.15, -0.1) is 6.58 Å². The normalized spacial score (nSPS) is 11.0. The SMILES string of the molecule is C=CCCCc1ccc(COc2ccc(-c3ccc(CC/C=C/C)cc3)cc2)cc1. The van der Waals surface area contributed by atoms with Crippen LogP contribution in [0.2, 0.25) is 0 Å². The summed E-state index contributed by atoms with van der Waals surface area (Å²) in [7, 11) is 0. The van der Waals surface area contributed by atoms with E-state index >= 15 is 0 Å². The monoisotopic (exact) mass is 396 g/mol. The smallest absolute Gasteiger partial charge is 0.119 e. The molecule has 154 valence electrons. The predicted molar refractivity (Wildman–Crippen MR) is 129 cm³/mol. The minimum Gasteiger partial charge on any atom is -0.489 e. The van der Waals surface area contributed by atoms with E-state index in [1.54, 1.807) is 0 Å². The zero-order chi connectivity index (χ0) is 21.0. The fraction of sp³-hybridized carbons (Fsp3) is 0.241. The topological polar surface area (TPSA) is 9.23 Å². The highest BCUT2D eigenvalue weighted by atomic mass is 16.5. The molecular weight excluding hydrogens is 364 g/mol. The molecule has 0 spiro atoms. The Balaban J connectivity index is 1.51. The van der Waals surface area contributed by atoms with E-state index in [1.807, 2.05) is 6.08 Å². The molecule has 0 aromatic heterocycles. The van der Waals surface area contributed by atoms with Gasteiger partial charge < -0.3 is 4.74 Å². The number of hydrogen-bond acceptors (Lipinski definition) is 1. The third-order valence-electron chi connectivity index (χ3n) is 5.28. The summed E-state index contributed by atoms with van der Waals surface area (Å²) < 4.78 is 5.98. The van der Waals surface area contributed by atoms with Crippen molar-refractivity contribution in [1.82, 2.24) is 0 Å². The van der Waals surface area contributed by atoms with E-state index in [0.29, 0.717) is 6.61 Å². The molecule has 0 amide bonds. The number of ether oxygens (including phenoxy) is 1. The van der Waals surface area contributed by atoms with Crippen molar-refractivity contribution in [2.24, 2.45) is 0 Å². The number of benzene rings is 3. The Morgan fingerprint density at radius 2 is 1.27 bits per heavy atom. The van der Waals surface area contributed by atoms with Crippen molar-refractivity contribution in [3.8, 4) is 16.9 Å². The van der Waals surface area contributed by atoms with Crippen molar-refractivity contribution in [2.45, 2.75) is 45.6 Å². The molecule has 0 saturated heterocycles. The standard InChI is InChI=1S/C29H32O/c1-3-5-7-9-24-11-13-26(14-12-24)23-30-29-21-19-28(20-22-29)27-17-15-25(16-18-27)10-8-6-4-2/h3-4,6,11-22H,1,5,7-10,23H2,2H3/b6-4+. The average molecular weight is 397 g/mol. The van der Waals surface area contributed by atoms with Crippen LogP contribution in [0.15, 0.2) is 97.6 Å². The zero-order valence-electron chi connectivity index (χ0n) is 18.0. The molecule has 0 fully saturated rings. The highest BCUT2D eigenvalue weighted by molar-refractivity contribution is 5.64. The van der Waals surface area contributed by atoms with Crippen LogP contribution in [0.1, 0.15) is 42.9 Å². The first-order valence-corrected chi connectivity index (χ1v) is 10.9. The lowest BCUT2D eigenvalue weighted by Gasteiger charge is -2.09. The quantitative estimate of drug-likeness (QED) is 0.236. The number of unbranched alkanes of at least 4 members (excludes halogenated alkanes) is 1. The summed E-state index contributed by atoms with van der Waals surface area (Å²) >= 11 is 0. The van der Waals surface area contributed by atoms with Crippen LogP contribution in [0.25, 0.3) is 11.1 Å². The average Bonchev–Trinajstić information content (AvgIpc) is 2.80. The minimum absolute atomic E-state index is 0.590. The van der Waals surface area contributed by atoms with Gasteiger partial charge in [0, 0.05) is 0 Å². The maximum absolute atomic E-state index is 5.98. The van der Waals surface area contributed by atoms with Crippen molar-refractivity contribution < 1.29 is 4.74 Å². The largest absolute Gasteiger partial charge is 0.489 e. The molecule has 0 unspecified atom stereocenters. The first-order chi connectivity index (χ1) is 14.8. The Morgan fingerprint density at radius 1 is 0.700 bits per heavy atom. The molecule has 0 aliphatic rings. The van der Waals surface area contributed by atoms with Crippen LogP contribution in [0.5, 0.6) is 5.75 Å². The van der Waals surface area contributed by atoms with Crippen LogP contribution in [0.4, 0.5) is 0 Å². The Bertz CT molecular complexity index is 916. The molecule has 0 N–H and O–H groups in total. The molecule has 3 aromatic carbocycles. The Morgan fingerprint density at radius 3 is 1.90 bits per heavy atom. The molecule has 3 rings (SSSR count). The summed E-state index contributed by atoms with van der Waals surface area (Å²) in [6.45, 7) is 6.44. The summed E-state index contributed by atoms with van der Waals surface area (Å²) in [6.07, 6.45) is 11.8. The summed E-state index contributed by atoms with van der Waals surface area (Å²) in [6, 6.07) is 26.0. The van der Waals surface area contributed by atoms with Gasteiger partial charge in [-0.2, -0.15) is 0 Å². The minimum atomic E-state index is 0.590. The van der Waals surface area contributed by atoms with Gasteiger partial charge in [0.05, 0.1) is 0 Å². The molecule has 0 bridgehead atoms. The number of rotatable bonds is 11. The van der Waals surface area contributed by atoms with Crippen LogP contribution in [-0.2, 0) is 19.4 Å². The third kappa shape index (κ3) is 6.77. The first-order valence-electron chi connectivity index (χ1n) is 10.9. The van der Waals surface area contributed by atoms with Crippen LogP contribution in [-0.4, -0.2) is 0 Å². The van der Waals surface area contributed by atoms with E-state index in [-0.39, 0.29) is 0 Å². The Hall–Kier alpha value is -3.06. The molecule has 0 aliphatic carbocycles. The van der Waals surface area contributed by atoms with E-state index in [1.165, 1.54) is 27.8 Å². The van der Waals surface area contributed by atoms with Gasteiger partial charge in [0.1, 0.15) is 12.4 Å². The molecule has 0 heterocycles. The summed E-state index contributed by atoms with van der Waals surface area (Å²) in [5, 5.41) is 0. The number of hydrogen-bond donors (Lipinski definition) is 0. The Kier molecular flexibility index (Phi) is 8.53. The second-order valence-electron chi connectivity index (χ2n) is 7.62. The van der Waals surface area contributed by atoms with E-state index < -0.39 is 0 Å². The first kappa shape index (κ1) is 21.6. The number of allylic oxidation sites excluding steroid dienone is 3. The maximum atomic E-state index is 5.98. The van der Waals surface area contributed by atoms with Crippen molar-refractivity contribution in [2.75, 3.05) is 0 Å². The van der Waals surface area contributed by atoms with Gasteiger partial charge in [0.2, 0.25) is 0 Å². The second-order valence-corrected chi connectivity index (χ2v) is 7.62. The van der Waals surface area contributed by atoms with Crippen molar-refractivity contribution in [3.63, 3.8) is 0 Å². The van der Waals surface area contributed by atoms with Crippen molar-refractivity contribution in [1.29, 1.82) is 0 Å². The maximum Gasteiger partial charge on any atom is 0.119 e. The van der Waals surface area contributed by atoms with Gasteiger partial charge in [-0.05, 0) is 79.0 Å². The fourth-order valence-electron chi connectivity index (χ4n) is 3.44. The molecule has 1 heteroatoms. The molecule has 0 radical (unpaired) electrons. The molecule has 0 aliphatic heterocycles. The molecule has 0 atom stereocenters. The summed E-state index contributed by atoms with van der Waals surface area (Å²) in [4.78, 5) is 0. The van der Waals surface area contributed by atoms with Gasteiger partial charge in [0.25, 0.3) is 0 Å². The lowest BCUT2D eigenvalue weighted by Crippen LogP contribution is -1.96. The van der Waals surface area contributed by atoms with Gasteiger partial charge in [-0.25, -0.2) is 0 Å². The highest BCUT2D eigenvalue weighted by Crippen LogP contribution is 2.24. The summed E-state index contributed by atoms with van der Waals surface area (Å²) in [5.74, 6) is 0.900. The van der Waals surface area contributed by atoms with E-state index in [9.17, 15) is 0 Å². The van der Waals surface area contributed by atoms with E-state index in [4.69, 9.17) is 4.74 Å². The molecule has 30 heavy (non-hydrogen) atoms. The number of aryl methyl sites for hydroxylation is 2. The van der Waals surface area contributed by atoms with Crippen molar-refractivity contribution in [3.05, 3.63) is 114 Å². The summed E-state index contributed by atoms with van der Waals surface area (Å²) in [5.41, 5.74) is 6.40. The van der Waals surface area contributed by atoms with Gasteiger partial charge in [-0.1, -0.05) is 78.9 Å². The molecular formula is C29H32O. The van der Waals surface area contributed by atoms with Crippen LogP contribution in [0, 0.1) is 0 Å². The van der Waals surface area contributed by atoms with E-state index in [0.717, 1.165) is 37.9 Å². The van der Waals surface area contributed by atoms with E-state index in [2.05, 4.69) is 98.5 Å². The van der Waals surface area contributed by atoms with Gasteiger partial charge in [0.15, 0.2) is 0 Å². The second kappa shape index (κ2) is 11.8. The Labute approximate surface area is 181 Å². The molecule has 1 nitrogen and oxygen atoms in total. The molecule has 3 aromatic rings. The zero-order valence-corrected chi connectivity index (χ0v) is 18.0. The van der Waals surface area contributed by atoms with Crippen LogP contribution >= 0.6 is 0 Å². The fourth-order valence-corrected chi connectivity index (χ4v) is 3.44. The lowest BCUT2D eigenvalue weighted by atomic mass is 10.0. The van der Waals surface area contributed by atoms with Crippen molar-refractivity contribution >= 4 is 0 Å².